The number of piperidine rings is 1. The van der Waals surface area contributed by atoms with Crippen molar-refractivity contribution >= 4 is 16.8 Å². The van der Waals surface area contributed by atoms with Crippen LogP contribution in [0.25, 0.3) is 22.0 Å². The summed E-state index contributed by atoms with van der Waals surface area (Å²) in [6.45, 7) is 3.51. The van der Waals surface area contributed by atoms with Gasteiger partial charge in [0.2, 0.25) is 0 Å². The molecule has 138 valence electrons. The van der Waals surface area contributed by atoms with Crippen LogP contribution in [0.1, 0.15) is 26.2 Å². The largest absolute Gasteiger partial charge is 0.481 e. The first-order chi connectivity index (χ1) is 13.2. The van der Waals surface area contributed by atoms with Crippen LogP contribution in [-0.2, 0) is 4.79 Å². The predicted octanol–water partition coefficient (Wildman–Crippen LogP) is 4.68. The molecule has 1 aromatic heterocycles. The first-order valence-electron chi connectivity index (χ1n) is 9.62. The van der Waals surface area contributed by atoms with Gasteiger partial charge < -0.3 is 9.64 Å². The number of hydrogen-bond donors (Lipinski definition) is 0. The van der Waals surface area contributed by atoms with Crippen LogP contribution in [0.15, 0.2) is 60.8 Å². The Labute approximate surface area is 159 Å². The van der Waals surface area contributed by atoms with Gasteiger partial charge in [0.25, 0.3) is 5.91 Å². The minimum absolute atomic E-state index is 0.0702. The molecule has 2 heterocycles. The second-order valence-electron chi connectivity index (χ2n) is 7.05. The predicted molar refractivity (Wildman–Crippen MR) is 108 cm³/mol. The standard InChI is InChI=1S/C23H24N2O2/c1-17(23(26)25-14-6-3-7-15-25)27-19-10-11-21-20(12-13-24-22(21)16-19)18-8-4-2-5-9-18/h2,4-5,8-13,16-17H,3,6-7,14-15H2,1H3. The van der Waals surface area contributed by atoms with Gasteiger partial charge in [0, 0.05) is 30.7 Å². The van der Waals surface area contributed by atoms with E-state index >= 15 is 0 Å². The van der Waals surface area contributed by atoms with Crippen molar-refractivity contribution in [1.29, 1.82) is 0 Å². The number of hydrogen-bond acceptors (Lipinski definition) is 3. The molecule has 27 heavy (non-hydrogen) atoms. The van der Waals surface area contributed by atoms with Gasteiger partial charge in [0.05, 0.1) is 5.52 Å². The molecule has 0 aliphatic carbocycles. The van der Waals surface area contributed by atoms with Crippen LogP contribution >= 0.6 is 0 Å². The van der Waals surface area contributed by atoms with Crippen molar-refractivity contribution in [3.63, 3.8) is 0 Å². The Hall–Kier alpha value is -2.88. The number of nitrogens with zero attached hydrogens (tertiary/aromatic N) is 2. The van der Waals surface area contributed by atoms with Crippen molar-refractivity contribution in [1.82, 2.24) is 9.88 Å². The highest BCUT2D eigenvalue weighted by Gasteiger charge is 2.23. The first-order valence-corrected chi connectivity index (χ1v) is 9.62. The lowest BCUT2D eigenvalue weighted by Crippen LogP contribution is -2.43. The van der Waals surface area contributed by atoms with Crippen LogP contribution in [0.3, 0.4) is 0 Å². The fourth-order valence-corrected chi connectivity index (χ4v) is 3.70. The first kappa shape index (κ1) is 17.5. The fourth-order valence-electron chi connectivity index (χ4n) is 3.70. The molecule has 1 unspecified atom stereocenters. The Morgan fingerprint density at radius 3 is 2.59 bits per heavy atom. The molecule has 1 aliphatic rings. The average molecular weight is 360 g/mol. The normalized spacial score (nSPS) is 15.5. The number of fused-ring (bicyclic) bond motifs is 1. The zero-order chi connectivity index (χ0) is 18.6. The number of rotatable bonds is 4. The van der Waals surface area contributed by atoms with Gasteiger partial charge in [-0.1, -0.05) is 30.3 Å². The molecule has 0 bridgehead atoms. The molecule has 0 saturated carbocycles. The summed E-state index contributed by atoms with van der Waals surface area (Å²) >= 11 is 0. The van der Waals surface area contributed by atoms with Crippen LogP contribution in [0.2, 0.25) is 0 Å². The van der Waals surface area contributed by atoms with E-state index in [9.17, 15) is 4.79 Å². The summed E-state index contributed by atoms with van der Waals surface area (Å²) in [6, 6.07) is 18.2. The van der Waals surface area contributed by atoms with Gasteiger partial charge in [-0.05, 0) is 55.5 Å². The van der Waals surface area contributed by atoms with Gasteiger partial charge >= 0.3 is 0 Å². The Morgan fingerprint density at radius 2 is 1.81 bits per heavy atom. The number of amides is 1. The summed E-state index contributed by atoms with van der Waals surface area (Å²) in [6.07, 6.45) is 4.70. The smallest absolute Gasteiger partial charge is 0.263 e. The van der Waals surface area contributed by atoms with E-state index in [-0.39, 0.29) is 5.91 Å². The summed E-state index contributed by atoms with van der Waals surface area (Å²) < 4.78 is 5.95. The summed E-state index contributed by atoms with van der Waals surface area (Å²) in [5.41, 5.74) is 3.17. The van der Waals surface area contributed by atoms with Crippen LogP contribution < -0.4 is 4.74 Å². The van der Waals surface area contributed by atoms with E-state index in [1.54, 1.807) is 0 Å². The number of pyridine rings is 1. The highest BCUT2D eigenvalue weighted by Crippen LogP contribution is 2.29. The number of likely N-dealkylation sites (tertiary alicyclic amines) is 1. The third-order valence-corrected chi connectivity index (χ3v) is 5.13. The van der Waals surface area contributed by atoms with Crippen molar-refractivity contribution in [2.45, 2.75) is 32.3 Å². The monoisotopic (exact) mass is 360 g/mol. The minimum atomic E-state index is -0.488. The van der Waals surface area contributed by atoms with Crippen molar-refractivity contribution in [2.24, 2.45) is 0 Å². The van der Waals surface area contributed by atoms with E-state index < -0.39 is 6.10 Å². The van der Waals surface area contributed by atoms with Gasteiger partial charge in [-0.2, -0.15) is 0 Å². The third kappa shape index (κ3) is 3.80. The Bertz CT molecular complexity index is 934. The number of benzene rings is 2. The minimum Gasteiger partial charge on any atom is -0.481 e. The molecule has 4 nitrogen and oxygen atoms in total. The number of carbonyl (C=O) groups is 1. The molecule has 3 aromatic rings. The second-order valence-corrected chi connectivity index (χ2v) is 7.05. The SMILES string of the molecule is CC(Oc1ccc2c(-c3ccccc3)ccnc2c1)C(=O)N1CCCCC1. The quantitative estimate of drug-likeness (QED) is 0.678. The van der Waals surface area contributed by atoms with E-state index in [4.69, 9.17) is 4.74 Å². The van der Waals surface area contributed by atoms with E-state index in [2.05, 4.69) is 17.1 Å². The summed E-state index contributed by atoms with van der Waals surface area (Å²) in [5.74, 6) is 0.749. The number of carbonyl (C=O) groups excluding carboxylic acids is 1. The van der Waals surface area contributed by atoms with Crippen LogP contribution in [-0.4, -0.2) is 35.0 Å². The molecule has 1 amide bonds. The van der Waals surface area contributed by atoms with Crippen molar-refractivity contribution < 1.29 is 9.53 Å². The zero-order valence-corrected chi connectivity index (χ0v) is 15.6. The van der Waals surface area contributed by atoms with Gasteiger partial charge in [0.1, 0.15) is 5.75 Å². The molecule has 4 heteroatoms. The zero-order valence-electron chi connectivity index (χ0n) is 15.6. The lowest BCUT2D eigenvalue weighted by Gasteiger charge is -2.29. The molecule has 4 rings (SSSR count). The lowest BCUT2D eigenvalue weighted by atomic mass is 10.0. The maximum absolute atomic E-state index is 12.6. The van der Waals surface area contributed by atoms with Gasteiger partial charge in [-0.3, -0.25) is 9.78 Å². The maximum Gasteiger partial charge on any atom is 0.263 e. The fraction of sp³-hybridized carbons (Fsp3) is 0.304. The Balaban J connectivity index is 1.56. The van der Waals surface area contributed by atoms with Gasteiger partial charge in [-0.15, -0.1) is 0 Å². The second kappa shape index (κ2) is 7.78. The molecular formula is C23H24N2O2. The Morgan fingerprint density at radius 1 is 1.04 bits per heavy atom. The van der Waals surface area contributed by atoms with Crippen LogP contribution in [0, 0.1) is 0 Å². The summed E-state index contributed by atoms with van der Waals surface area (Å²) in [4.78, 5) is 19.0. The molecule has 0 radical (unpaired) electrons. The molecule has 0 spiro atoms. The summed E-state index contributed by atoms with van der Waals surface area (Å²) in [7, 11) is 0. The lowest BCUT2D eigenvalue weighted by molar-refractivity contribution is -0.138. The van der Waals surface area contributed by atoms with Crippen molar-refractivity contribution in [2.75, 3.05) is 13.1 Å². The van der Waals surface area contributed by atoms with Crippen molar-refractivity contribution in [3.8, 4) is 16.9 Å². The topological polar surface area (TPSA) is 42.4 Å². The molecule has 1 atom stereocenters. The molecule has 1 aliphatic heterocycles. The molecule has 0 N–H and O–H groups in total. The average Bonchev–Trinajstić information content (AvgIpc) is 2.74. The van der Waals surface area contributed by atoms with Gasteiger partial charge in [0.15, 0.2) is 6.10 Å². The summed E-state index contributed by atoms with van der Waals surface area (Å²) in [5, 5.41) is 1.08. The molecule has 2 aromatic carbocycles. The van der Waals surface area contributed by atoms with Crippen LogP contribution in [0.5, 0.6) is 5.75 Å². The van der Waals surface area contributed by atoms with Crippen LogP contribution in [0.4, 0.5) is 0 Å². The highest BCUT2D eigenvalue weighted by molar-refractivity contribution is 5.95. The molecular weight excluding hydrogens is 336 g/mol. The number of aromatic nitrogens is 1. The highest BCUT2D eigenvalue weighted by atomic mass is 16.5. The molecule has 1 fully saturated rings. The van der Waals surface area contributed by atoms with E-state index in [0.29, 0.717) is 5.75 Å². The van der Waals surface area contributed by atoms with E-state index in [1.165, 1.54) is 6.42 Å². The van der Waals surface area contributed by atoms with E-state index in [1.807, 2.05) is 60.5 Å². The Kier molecular flexibility index (Phi) is 5.05. The maximum atomic E-state index is 12.6. The van der Waals surface area contributed by atoms with E-state index in [0.717, 1.165) is 48.0 Å². The third-order valence-electron chi connectivity index (χ3n) is 5.13. The molecule has 1 saturated heterocycles. The number of ether oxygens (including phenoxy) is 1. The van der Waals surface area contributed by atoms with Gasteiger partial charge in [-0.25, -0.2) is 0 Å². The van der Waals surface area contributed by atoms with Crippen molar-refractivity contribution in [3.05, 3.63) is 60.8 Å².